The molecule has 0 bridgehead atoms. The predicted molar refractivity (Wildman–Crippen MR) is 71.9 cm³/mol. The topological polar surface area (TPSA) is 75.4 Å². The van der Waals surface area contributed by atoms with Gasteiger partial charge < -0.3 is 16.2 Å². The number of para-hydroxylation sites is 2. The molecule has 0 amide bonds. The zero-order valence-corrected chi connectivity index (χ0v) is 9.76. The van der Waals surface area contributed by atoms with Gasteiger partial charge in [0.05, 0.1) is 17.8 Å². The molecule has 0 radical (unpaired) electrons. The Balaban J connectivity index is 2.26. The van der Waals surface area contributed by atoms with Crippen LogP contribution in [0.5, 0.6) is 0 Å². The Kier molecular flexibility index (Phi) is 3.48. The number of benzene rings is 2. The number of hydrogen-bond donors (Lipinski definition) is 3. The van der Waals surface area contributed by atoms with Crippen molar-refractivity contribution >= 4 is 23.0 Å². The highest BCUT2D eigenvalue weighted by Gasteiger charge is 2.08. The van der Waals surface area contributed by atoms with Gasteiger partial charge >= 0.3 is 5.97 Å². The van der Waals surface area contributed by atoms with Gasteiger partial charge in [-0.2, -0.15) is 0 Å². The van der Waals surface area contributed by atoms with Gasteiger partial charge in [-0.15, -0.1) is 0 Å². The molecule has 0 spiro atoms. The van der Waals surface area contributed by atoms with E-state index in [9.17, 15) is 4.79 Å². The zero-order chi connectivity index (χ0) is 13.0. The van der Waals surface area contributed by atoms with E-state index >= 15 is 0 Å². The molecule has 2 aromatic carbocycles. The van der Waals surface area contributed by atoms with E-state index in [1.165, 1.54) is 0 Å². The third kappa shape index (κ3) is 2.79. The molecule has 0 aliphatic rings. The van der Waals surface area contributed by atoms with Gasteiger partial charge in [-0.1, -0.05) is 30.3 Å². The van der Waals surface area contributed by atoms with Gasteiger partial charge in [-0.05, 0) is 23.8 Å². The minimum absolute atomic E-state index is 0.0733. The zero-order valence-electron chi connectivity index (χ0n) is 9.76. The van der Waals surface area contributed by atoms with Crippen LogP contribution >= 0.6 is 0 Å². The van der Waals surface area contributed by atoms with Gasteiger partial charge in [0, 0.05) is 5.69 Å². The van der Waals surface area contributed by atoms with Crippen molar-refractivity contribution in [3.05, 3.63) is 54.1 Å². The number of nitrogens with one attached hydrogen (secondary N) is 1. The summed E-state index contributed by atoms with van der Waals surface area (Å²) in [6, 6.07) is 14.9. The van der Waals surface area contributed by atoms with Crippen LogP contribution in [0.3, 0.4) is 0 Å². The molecule has 0 fully saturated rings. The van der Waals surface area contributed by atoms with Crippen molar-refractivity contribution in [1.82, 2.24) is 0 Å². The molecule has 2 rings (SSSR count). The summed E-state index contributed by atoms with van der Waals surface area (Å²) in [6.45, 7) is 0. The fourth-order valence-electron chi connectivity index (χ4n) is 1.72. The SMILES string of the molecule is Nc1c(CC(=O)O)cccc1Nc1ccccc1. The van der Waals surface area contributed by atoms with E-state index in [0.29, 0.717) is 11.3 Å². The molecule has 0 atom stereocenters. The third-order valence-corrected chi connectivity index (χ3v) is 2.59. The first-order valence-electron chi connectivity index (χ1n) is 5.58. The van der Waals surface area contributed by atoms with Crippen molar-refractivity contribution in [2.24, 2.45) is 0 Å². The minimum Gasteiger partial charge on any atom is -0.481 e. The number of carboxylic acids is 1. The Morgan fingerprint density at radius 2 is 1.83 bits per heavy atom. The van der Waals surface area contributed by atoms with E-state index in [0.717, 1.165) is 11.4 Å². The van der Waals surface area contributed by atoms with Gasteiger partial charge in [0.25, 0.3) is 0 Å². The van der Waals surface area contributed by atoms with Crippen LogP contribution in [-0.2, 0) is 11.2 Å². The van der Waals surface area contributed by atoms with Crippen LogP contribution in [0.15, 0.2) is 48.5 Å². The lowest BCUT2D eigenvalue weighted by atomic mass is 10.1. The van der Waals surface area contributed by atoms with E-state index in [-0.39, 0.29) is 6.42 Å². The monoisotopic (exact) mass is 242 g/mol. The van der Waals surface area contributed by atoms with Crippen molar-refractivity contribution < 1.29 is 9.90 Å². The summed E-state index contributed by atoms with van der Waals surface area (Å²) in [5.41, 5.74) is 8.68. The van der Waals surface area contributed by atoms with E-state index in [4.69, 9.17) is 10.8 Å². The average Bonchev–Trinajstić information content (AvgIpc) is 2.35. The van der Waals surface area contributed by atoms with Crippen LogP contribution in [0, 0.1) is 0 Å². The maximum atomic E-state index is 10.7. The van der Waals surface area contributed by atoms with Crippen molar-refractivity contribution in [3.63, 3.8) is 0 Å². The molecule has 4 heteroatoms. The quantitative estimate of drug-likeness (QED) is 0.720. The number of nitrogens with two attached hydrogens (primary N) is 1. The van der Waals surface area contributed by atoms with Gasteiger partial charge in [0.2, 0.25) is 0 Å². The standard InChI is InChI=1S/C14H14N2O2/c15-14-10(9-13(17)18)5-4-8-12(14)16-11-6-2-1-3-7-11/h1-8,16H,9,15H2,(H,17,18). The van der Waals surface area contributed by atoms with Crippen LogP contribution in [0.1, 0.15) is 5.56 Å². The number of carboxylic acid groups (broad SMARTS) is 1. The van der Waals surface area contributed by atoms with Gasteiger partial charge in [0.1, 0.15) is 0 Å². The summed E-state index contributed by atoms with van der Waals surface area (Å²) >= 11 is 0. The number of nitrogen functional groups attached to an aromatic ring is 1. The molecule has 0 unspecified atom stereocenters. The van der Waals surface area contributed by atoms with Gasteiger partial charge in [0.15, 0.2) is 0 Å². The molecule has 0 aliphatic carbocycles. The fourth-order valence-corrected chi connectivity index (χ4v) is 1.72. The smallest absolute Gasteiger partial charge is 0.307 e. The first-order valence-corrected chi connectivity index (χ1v) is 5.58. The molecular formula is C14H14N2O2. The molecule has 0 aromatic heterocycles. The molecule has 2 aromatic rings. The van der Waals surface area contributed by atoms with E-state index in [1.54, 1.807) is 12.1 Å². The van der Waals surface area contributed by atoms with Crippen LogP contribution in [0.2, 0.25) is 0 Å². The molecule has 92 valence electrons. The average molecular weight is 242 g/mol. The molecule has 0 heterocycles. The number of anilines is 3. The highest BCUT2D eigenvalue weighted by atomic mass is 16.4. The maximum Gasteiger partial charge on any atom is 0.307 e. The number of carbonyl (C=O) groups is 1. The number of hydrogen-bond acceptors (Lipinski definition) is 3. The predicted octanol–water partition coefficient (Wildman–Crippen LogP) is 2.64. The van der Waals surface area contributed by atoms with E-state index in [1.807, 2.05) is 36.4 Å². The lowest BCUT2D eigenvalue weighted by Gasteiger charge is -2.12. The van der Waals surface area contributed by atoms with Crippen molar-refractivity contribution in [2.45, 2.75) is 6.42 Å². The van der Waals surface area contributed by atoms with E-state index in [2.05, 4.69) is 5.32 Å². The largest absolute Gasteiger partial charge is 0.481 e. The molecule has 0 saturated carbocycles. The Bertz CT molecular complexity index is 553. The number of rotatable bonds is 4. The number of aliphatic carboxylic acids is 1. The Hall–Kier alpha value is -2.49. The van der Waals surface area contributed by atoms with Crippen LogP contribution in [0.4, 0.5) is 17.1 Å². The molecule has 0 saturated heterocycles. The highest BCUT2D eigenvalue weighted by molar-refractivity contribution is 5.80. The molecule has 18 heavy (non-hydrogen) atoms. The molecular weight excluding hydrogens is 228 g/mol. The maximum absolute atomic E-state index is 10.7. The minimum atomic E-state index is -0.890. The van der Waals surface area contributed by atoms with Crippen molar-refractivity contribution in [3.8, 4) is 0 Å². The summed E-state index contributed by atoms with van der Waals surface area (Å²) in [4.78, 5) is 10.7. The molecule has 4 nitrogen and oxygen atoms in total. The molecule has 4 N–H and O–H groups in total. The van der Waals surface area contributed by atoms with Crippen LogP contribution in [0.25, 0.3) is 0 Å². The van der Waals surface area contributed by atoms with Crippen molar-refractivity contribution in [2.75, 3.05) is 11.1 Å². The second-order valence-electron chi connectivity index (χ2n) is 3.94. The lowest BCUT2D eigenvalue weighted by Crippen LogP contribution is -2.05. The summed E-state index contributed by atoms with van der Waals surface area (Å²) in [5, 5.41) is 12.0. The summed E-state index contributed by atoms with van der Waals surface area (Å²) in [7, 11) is 0. The fraction of sp³-hybridized carbons (Fsp3) is 0.0714. The second kappa shape index (κ2) is 5.23. The van der Waals surface area contributed by atoms with Crippen LogP contribution < -0.4 is 11.1 Å². The first-order chi connectivity index (χ1) is 8.66. The van der Waals surface area contributed by atoms with Crippen molar-refractivity contribution in [1.29, 1.82) is 0 Å². The van der Waals surface area contributed by atoms with Gasteiger partial charge in [-0.25, -0.2) is 0 Å². The summed E-state index contributed by atoms with van der Waals surface area (Å²) in [5.74, 6) is -0.890. The lowest BCUT2D eigenvalue weighted by molar-refractivity contribution is -0.136. The Labute approximate surface area is 105 Å². The highest BCUT2D eigenvalue weighted by Crippen LogP contribution is 2.26. The van der Waals surface area contributed by atoms with E-state index < -0.39 is 5.97 Å². The Morgan fingerprint density at radius 3 is 2.50 bits per heavy atom. The molecule has 0 aliphatic heterocycles. The Morgan fingerprint density at radius 1 is 1.11 bits per heavy atom. The summed E-state index contributed by atoms with van der Waals surface area (Å²) in [6.07, 6.45) is -0.0733. The summed E-state index contributed by atoms with van der Waals surface area (Å²) < 4.78 is 0. The normalized spacial score (nSPS) is 10.0. The third-order valence-electron chi connectivity index (χ3n) is 2.59. The second-order valence-corrected chi connectivity index (χ2v) is 3.94. The van der Waals surface area contributed by atoms with Gasteiger partial charge in [-0.3, -0.25) is 4.79 Å². The van der Waals surface area contributed by atoms with Crippen LogP contribution in [-0.4, -0.2) is 11.1 Å². The first kappa shape index (κ1) is 12.0.